The lowest BCUT2D eigenvalue weighted by Gasteiger charge is -2.36. The van der Waals surface area contributed by atoms with Crippen LogP contribution < -0.4 is 0 Å². The SMILES string of the molecule is CN(CCN(C)C(=O)OC(C)(C)C)Cc1cn(C2CCCCO2)nc1C1CCC2(CC1)COC(C)(C)C2. The predicted molar refractivity (Wildman–Crippen MR) is 145 cm³/mol. The summed E-state index contributed by atoms with van der Waals surface area (Å²) in [5.74, 6) is 0.479. The number of nitrogens with zero attached hydrogens (tertiary/aromatic N) is 4. The third kappa shape index (κ3) is 7.48. The summed E-state index contributed by atoms with van der Waals surface area (Å²) >= 11 is 0. The first-order chi connectivity index (χ1) is 17.3. The first-order valence-electron chi connectivity index (χ1n) is 14.3. The molecular formula is C29H50N4O4. The minimum absolute atomic E-state index is 0.00702. The van der Waals surface area contributed by atoms with Crippen LogP contribution in [0, 0.1) is 5.41 Å². The standard InChI is InChI=1S/C29H50N4O4/c1-27(2,3)37-26(34)32(7)16-15-31(6)18-23-19-33(24-10-8-9-17-35-24)30-25(23)22-11-13-29(14-12-22)20-28(4,5)36-21-29/h19,22,24H,8-18,20-21H2,1-7H3. The zero-order valence-electron chi connectivity index (χ0n) is 24.3. The van der Waals surface area contributed by atoms with Gasteiger partial charge in [0, 0.05) is 51.0 Å². The molecule has 1 aliphatic carbocycles. The maximum absolute atomic E-state index is 12.4. The van der Waals surface area contributed by atoms with Crippen LogP contribution in [0.3, 0.4) is 0 Å². The van der Waals surface area contributed by atoms with E-state index < -0.39 is 5.60 Å². The van der Waals surface area contributed by atoms with Crippen molar-refractivity contribution in [2.45, 2.75) is 116 Å². The zero-order chi connectivity index (χ0) is 26.8. The van der Waals surface area contributed by atoms with Gasteiger partial charge >= 0.3 is 6.09 Å². The molecule has 2 saturated heterocycles. The molecule has 8 nitrogen and oxygen atoms in total. The molecular weight excluding hydrogens is 468 g/mol. The average molecular weight is 519 g/mol. The van der Waals surface area contributed by atoms with E-state index in [2.05, 4.69) is 36.7 Å². The summed E-state index contributed by atoms with van der Waals surface area (Å²) in [5, 5.41) is 5.17. The fourth-order valence-electron chi connectivity index (χ4n) is 6.29. The number of carbonyl (C=O) groups is 1. The van der Waals surface area contributed by atoms with E-state index in [1.165, 1.54) is 43.4 Å². The van der Waals surface area contributed by atoms with Gasteiger partial charge in [-0.1, -0.05) is 0 Å². The Morgan fingerprint density at radius 2 is 1.89 bits per heavy atom. The summed E-state index contributed by atoms with van der Waals surface area (Å²) < 4.78 is 19.8. The second-order valence-electron chi connectivity index (χ2n) is 13.5. The zero-order valence-corrected chi connectivity index (χ0v) is 24.3. The maximum atomic E-state index is 12.4. The lowest BCUT2D eigenvalue weighted by Crippen LogP contribution is -2.38. The molecule has 8 heteroatoms. The van der Waals surface area contributed by atoms with Crippen molar-refractivity contribution in [1.29, 1.82) is 0 Å². The normalized spacial score (nSPS) is 28.1. The fraction of sp³-hybridized carbons (Fsp3) is 0.862. The summed E-state index contributed by atoms with van der Waals surface area (Å²) in [4.78, 5) is 16.3. The highest BCUT2D eigenvalue weighted by molar-refractivity contribution is 5.67. The molecule has 1 unspecified atom stereocenters. The fourth-order valence-corrected chi connectivity index (χ4v) is 6.29. The van der Waals surface area contributed by atoms with Crippen molar-refractivity contribution in [3.63, 3.8) is 0 Å². The highest BCUT2D eigenvalue weighted by atomic mass is 16.6. The molecule has 4 rings (SSSR count). The van der Waals surface area contributed by atoms with Crippen LogP contribution in [-0.2, 0) is 20.8 Å². The van der Waals surface area contributed by atoms with Crippen LogP contribution in [-0.4, -0.2) is 77.3 Å². The number of ether oxygens (including phenoxy) is 3. The molecule has 0 radical (unpaired) electrons. The van der Waals surface area contributed by atoms with Gasteiger partial charge in [0.15, 0.2) is 0 Å². The van der Waals surface area contributed by atoms with E-state index in [4.69, 9.17) is 19.3 Å². The van der Waals surface area contributed by atoms with Gasteiger partial charge in [-0.25, -0.2) is 9.48 Å². The Labute approximate surface area is 224 Å². The largest absolute Gasteiger partial charge is 0.444 e. The van der Waals surface area contributed by atoms with Gasteiger partial charge in [0.25, 0.3) is 0 Å². The Morgan fingerprint density at radius 1 is 1.16 bits per heavy atom. The molecule has 1 atom stereocenters. The Kier molecular flexibility index (Phi) is 8.61. The van der Waals surface area contributed by atoms with Crippen LogP contribution in [0.15, 0.2) is 6.20 Å². The number of hydrogen-bond donors (Lipinski definition) is 0. The first kappa shape index (κ1) is 28.4. The Hall–Kier alpha value is -1.64. The number of rotatable bonds is 7. The molecule has 3 fully saturated rings. The van der Waals surface area contributed by atoms with Crippen molar-refractivity contribution >= 4 is 6.09 Å². The monoisotopic (exact) mass is 518 g/mol. The minimum atomic E-state index is -0.485. The van der Waals surface area contributed by atoms with E-state index in [-0.39, 0.29) is 17.9 Å². The highest BCUT2D eigenvalue weighted by Crippen LogP contribution is 2.52. The highest BCUT2D eigenvalue weighted by Gasteiger charge is 2.46. The van der Waals surface area contributed by atoms with Gasteiger partial charge in [-0.05, 0) is 98.4 Å². The molecule has 1 spiro atoms. The Morgan fingerprint density at radius 3 is 2.49 bits per heavy atom. The topological polar surface area (TPSA) is 69.1 Å². The summed E-state index contributed by atoms with van der Waals surface area (Å²) in [6.45, 7) is 14.0. The number of likely N-dealkylation sites (N-methyl/N-ethyl adjacent to an activating group) is 2. The smallest absolute Gasteiger partial charge is 0.410 e. The second-order valence-corrected chi connectivity index (χ2v) is 13.5. The third-order valence-electron chi connectivity index (χ3n) is 8.26. The van der Waals surface area contributed by atoms with Gasteiger partial charge in [0.1, 0.15) is 11.8 Å². The molecule has 2 aliphatic heterocycles. The number of carbonyl (C=O) groups excluding carboxylic acids is 1. The van der Waals surface area contributed by atoms with E-state index >= 15 is 0 Å². The number of amides is 1. The van der Waals surface area contributed by atoms with Gasteiger partial charge in [0.05, 0.1) is 17.9 Å². The van der Waals surface area contributed by atoms with E-state index in [0.29, 0.717) is 17.9 Å². The molecule has 1 saturated carbocycles. The molecule has 1 aromatic heterocycles. The molecule has 1 amide bonds. The molecule has 0 N–H and O–H groups in total. The maximum Gasteiger partial charge on any atom is 0.410 e. The van der Waals surface area contributed by atoms with E-state index in [1.807, 2.05) is 20.8 Å². The molecule has 3 aliphatic rings. The molecule has 0 bridgehead atoms. The summed E-state index contributed by atoms with van der Waals surface area (Å²) in [6.07, 6.45) is 11.3. The van der Waals surface area contributed by atoms with Crippen LogP contribution in [0.1, 0.15) is 109 Å². The van der Waals surface area contributed by atoms with Gasteiger partial charge < -0.3 is 24.0 Å². The molecule has 1 aromatic rings. The van der Waals surface area contributed by atoms with Crippen molar-refractivity contribution in [1.82, 2.24) is 19.6 Å². The Balaban J connectivity index is 1.41. The summed E-state index contributed by atoms with van der Waals surface area (Å²) in [6, 6.07) is 0. The predicted octanol–water partition coefficient (Wildman–Crippen LogP) is 5.72. The van der Waals surface area contributed by atoms with Crippen LogP contribution >= 0.6 is 0 Å². The van der Waals surface area contributed by atoms with Gasteiger partial charge in [-0.3, -0.25) is 0 Å². The van der Waals surface area contributed by atoms with E-state index in [1.54, 1.807) is 11.9 Å². The lowest BCUT2D eigenvalue weighted by atomic mass is 9.67. The van der Waals surface area contributed by atoms with Gasteiger partial charge in [0.2, 0.25) is 0 Å². The number of hydrogen-bond acceptors (Lipinski definition) is 6. The van der Waals surface area contributed by atoms with Crippen LogP contribution in [0.25, 0.3) is 0 Å². The molecule has 0 aromatic carbocycles. The number of aromatic nitrogens is 2. The second kappa shape index (κ2) is 11.2. The molecule has 210 valence electrons. The van der Waals surface area contributed by atoms with E-state index in [0.717, 1.165) is 45.6 Å². The van der Waals surface area contributed by atoms with E-state index in [9.17, 15) is 4.79 Å². The molecule has 3 heterocycles. The molecule has 37 heavy (non-hydrogen) atoms. The third-order valence-corrected chi connectivity index (χ3v) is 8.26. The van der Waals surface area contributed by atoms with Crippen LogP contribution in [0.5, 0.6) is 0 Å². The minimum Gasteiger partial charge on any atom is -0.444 e. The quantitative estimate of drug-likeness (QED) is 0.460. The Bertz CT molecular complexity index is 907. The van der Waals surface area contributed by atoms with Crippen molar-refractivity contribution in [2.75, 3.05) is 40.4 Å². The van der Waals surface area contributed by atoms with Gasteiger partial charge in [-0.2, -0.15) is 5.10 Å². The van der Waals surface area contributed by atoms with Crippen molar-refractivity contribution in [3.05, 3.63) is 17.5 Å². The van der Waals surface area contributed by atoms with Crippen molar-refractivity contribution in [2.24, 2.45) is 5.41 Å². The van der Waals surface area contributed by atoms with Crippen molar-refractivity contribution in [3.8, 4) is 0 Å². The first-order valence-corrected chi connectivity index (χ1v) is 14.3. The van der Waals surface area contributed by atoms with Gasteiger partial charge in [-0.15, -0.1) is 0 Å². The van der Waals surface area contributed by atoms with Crippen LogP contribution in [0.2, 0.25) is 0 Å². The lowest BCUT2D eigenvalue weighted by molar-refractivity contribution is -0.0398. The summed E-state index contributed by atoms with van der Waals surface area (Å²) in [5.41, 5.74) is 2.40. The van der Waals surface area contributed by atoms with Crippen LogP contribution in [0.4, 0.5) is 4.79 Å². The average Bonchev–Trinajstić information content (AvgIpc) is 3.38. The van der Waals surface area contributed by atoms with Crippen molar-refractivity contribution < 1.29 is 19.0 Å². The summed E-state index contributed by atoms with van der Waals surface area (Å²) in [7, 11) is 3.92.